The van der Waals surface area contributed by atoms with Gasteiger partial charge in [-0.2, -0.15) is 8.42 Å². The SMILES string of the molecule is Cc1c(Cc2cccc(NS(N)(=O)=O)c2F)c(=O)oc2cc(Oc3nccs3)ccc12.[H-].[K+]. The van der Waals surface area contributed by atoms with Crippen molar-refractivity contribution in [2.75, 3.05) is 4.72 Å². The number of ether oxygens (including phenoxy) is 1. The number of nitrogens with zero attached hydrogens (tertiary/aromatic N) is 1. The summed E-state index contributed by atoms with van der Waals surface area (Å²) in [6.45, 7) is 1.74. The van der Waals surface area contributed by atoms with E-state index in [1.54, 1.807) is 36.7 Å². The van der Waals surface area contributed by atoms with E-state index in [9.17, 15) is 17.6 Å². The van der Waals surface area contributed by atoms with Gasteiger partial charge in [-0.3, -0.25) is 4.72 Å². The quantitative estimate of drug-likeness (QED) is 0.298. The van der Waals surface area contributed by atoms with Crippen LogP contribution in [0.15, 0.2) is 57.2 Å². The molecule has 2 heterocycles. The summed E-state index contributed by atoms with van der Waals surface area (Å²) in [4.78, 5) is 16.7. The molecule has 2 aromatic carbocycles. The molecule has 4 aromatic rings. The van der Waals surface area contributed by atoms with Gasteiger partial charge in [0.1, 0.15) is 11.3 Å². The molecule has 0 bridgehead atoms. The number of fused-ring (bicyclic) bond motifs is 1. The van der Waals surface area contributed by atoms with Crippen LogP contribution in [0.1, 0.15) is 18.1 Å². The average Bonchev–Trinajstić information content (AvgIpc) is 3.19. The Balaban J connectivity index is 0.00000193. The molecular weight excluding hydrogens is 484 g/mol. The van der Waals surface area contributed by atoms with Gasteiger partial charge in [-0.25, -0.2) is 19.3 Å². The van der Waals surface area contributed by atoms with E-state index in [0.29, 0.717) is 27.5 Å². The number of hydrogen-bond acceptors (Lipinski definition) is 7. The molecule has 32 heavy (non-hydrogen) atoms. The summed E-state index contributed by atoms with van der Waals surface area (Å²) < 4.78 is 50.2. The van der Waals surface area contributed by atoms with Crippen molar-refractivity contribution >= 4 is 38.2 Å². The maximum atomic E-state index is 14.8. The molecule has 0 aliphatic rings. The molecule has 0 saturated carbocycles. The van der Waals surface area contributed by atoms with Gasteiger partial charge < -0.3 is 10.6 Å². The molecule has 162 valence electrons. The first-order chi connectivity index (χ1) is 14.7. The smallest absolute Gasteiger partial charge is 1.00 e. The van der Waals surface area contributed by atoms with Gasteiger partial charge in [-0.1, -0.05) is 23.5 Å². The zero-order valence-electron chi connectivity index (χ0n) is 18.1. The van der Waals surface area contributed by atoms with Crippen molar-refractivity contribution in [1.29, 1.82) is 0 Å². The van der Waals surface area contributed by atoms with E-state index in [1.165, 1.54) is 29.5 Å². The molecule has 2 aromatic heterocycles. The molecule has 0 aliphatic heterocycles. The summed E-state index contributed by atoms with van der Waals surface area (Å²) in [6, 6.07) is 9.21. The first-order valence-corrected chi connectivity index (χ1v) is 11.4. The largest absolute Gasteiger partial charge is 1.00 e. The third-order valence-electron chi connectivity index (χ3n) is 4.57. The average molecular weight is 502 g/mol. The van der Waals surface area contributed by atoms with Crippen LogP contribution in [0.3, 0.4) is 0 Å². The van der Waals surface area contributed by atoms with Gasteiger partial charge in [-0.05, 0) is 36.2 Å². The summed E-state index contributed by atoms with van der Waals surface area (Å²) in [5.41, 5.74) is 0.397. The van der Waals surface area contributed by atoms with E-state index in [4.69, 9.17) is 14.3 Å². The minimum absolute atomic E-state index is 0. The minimum atomic E-state index is -4.14. The fraction of sp³-hybridized carbons (Fsp3) is 0.100. The van der Waals surface area contributed by atoms with Crippen LogP contribution in [-0.2, 0) is 16.6 Å². The number of hydrogen-bond donors (Lipinski definition) is 2. The third-order valence-corrected chi connectivity index (χ3v) is 5.72. The zero-order chi connectivity index (χ0) is 22.2. The summed E-state index contributed by atoms with van der Waals surface area (Å²) in [5, 5.41) is 7.82. The van der Waals surface area contributed by atoms with Gasteiger partial charge >= 0.3 is 57.0 Å². The van der Waals surface area contributed by atoms with Gasteiger partial charge in [-0.15, -0.1) is 0 Å². The Kier molecular flexibility index (Phi) is 7.88. The van der Waals surface area contributed by atoms with E-state index in [-0.39, 0.29) is 76.0 Å². The second-order valence-corrected chi connectivity index (χ2v) is 8.80. The number of nitrogens with two attached hydrogens (primary N) is 1. The van der Waals surface area contributed by atoms with Crippen LogP contribution >= 0.6 is 11.3 Å². The maximum absolute atomic E-state index is 14.8. The van der Waals surface area contributed by atoms with E-state index in [1.807, 2.05) is 4.72 Å². The number of halogens is 1. The molecule has 0 radical (unpaired) electrons. The number of anilines is 1. The predicted molar refractivity (Wildman–Crippen MR) is 116 cm³/mol. The number of aromatic nitrogens is 1. The van der Waals surface area contributed by atoms with Crippen molar-refractivity contribution in [2.24, 2.45) is 5.14 Å². The maximum Gasteiger partial charge on any atom is 1.00 e. The number of rotatable bonds is 6. The molecule has 0 saturated heterocycles. The third kappa shape index (κ3) is 5.64. The van der Waals surface area contributed by atoms with Crippen LogP contribution in [0.2, 0.25) is 0 Å². The summed E-state index contributed by atoms with van der Waals surface area (Å²) >= 11 is 1.33. The fourth-order valence-electron chi connectivity index (χ4n) is 3.14. The van der Waals surface area contributed by atoms with Crippen molar-refractivity contribution < 1.29 is 74.8 Å². The van der Waals surface area contributed by atoms with Crippen LogP contribution in [0, 0.1) is 12.7 Å². The van der Waals surface area contributed by atoms with Gasteiger partial charge in [0.05, 0.1) is 5.69 Å². The molecule has 12 heteroatoms. The van der Waals surface area contributed by atoms with Crippen LogP contribution in [-0.4, -0.2) is 13.4 Å². The van der Waals surface area contributed by atoms with Crippen LogP contribution in [0.25, 0.3) is 11.0 Å². The fourth-order valence-corrected chi connectivity index (χ4v) is 4.11. The van der Waals surface area contributed by atoms with Gasteiger partial charge in [0.2, 0.25) is 0 Å². The number of aryl methyl sites for hydroxylation is 1. The second kappa shape index (κ2) is 10.1. The van der Waals surface area contributed by atoms with Crippen molar-refractivity contribution in [3.05, 3.63) is 80.9 Å². The summed E-state index contributed by atoms with van der Waals surface area (Å²) in [7, 11) is -4.14. The minimum Gasteiger partial charge on any atom is -1.00 e. The number of benzene rings is 2. The molecular formula is C20H17FKN3O5S2. The molecule has 4 rings (SSSR count). The Hall–Kier alpha value is -1.64. The molecule has 0 fully saturated rings. The Bertz CT molecular complexity index is 1450. The Morgan fingerprint density at radius 1 is 1.31 bits per heavy atom. The molecule has 0 spiro atoms. The standard InChI is InChI=1S/C20H16FN3O5S2.K.H/c1-11-14-6-5-13(28-20-23-7-8-30-20)10-17(14)29-19(25)15(11)9-12-3-2-4-16(18(12)21)24-31(22,26)27;;/h2-8,10,24H,9H2,1H3,(H2,22,26,27);;/q;+1;-1. The number of nitrogens with one attached hydrogen (secondary N) is 1. The topological polar surface area (TPSA) is 125 Å². The van der Waals surface area contributed by atoms with Crippen LogP contribution in [0.4, 0.5) is 10.1 Å². The normalized spacial score (nSPS) is 11.2. The van der Waals surface area contributed by atoms with Gasteiger partial charge in [0.25, 0.3) is 15.4 Å². The van der Waals surface area contributed by atoms with E-state index >= 15 is 0 Å². The van der Waals surface area contributed by atoms with E-state index < -0.39 is 21.7 Å². The van der Waals surface area contributed by atoms with Crippen LogP contribution in [0.5, 0.6) is 10.9 Å². The monoisotopic (exact) mass is 501 g/mol. The van der Waals surface area contributed by atoms with Crippen molar-refractivity contribution in [2.45, 2.75) is 13.3 Å². The number of thiazole rings is 1. The molecule has 3 N–H and O–H groups in total. The molecule has 8 nitrogen and oxygen atoms in total. The van der Waals surface area contributed by atoms with Crippen molar-refractivity contribution in [1.82, 2.24) is 4.98 Å². The summed E-state index contributed by atoms with van der Waals surface area (Å²) in [5.74, 6) is -0.354. The molecule has 0 aliphatic carbocycles. The second-order valence-electron chi connectivity index (χ2n) is 6.65. The first kappa shape index (κ1) is 25.0. The van der Waals surface area contributed by atoms with Gasteiger partial charge in [0.15, 0.2) is 5.82 Å². The molecule has 0 unspecified atom stereocenters. The molecule has 0 atom stereocenters. The Morgan fingerprint density at radius 3 is 2.78 bits per heavy atom. The summed E-state index contributed by atoms with van der Waals surface area (Å²) in [6.07, 6.45) is 1.53. The molecule has 0 amide bonds. The van der Waals surface area contributed by atoms with Crippen LogP contribution < -0.4 is 71.6 Å². The van der Waals surface area contributed by atoms with Crippen molar-refractivity contribution in [3.8, 4) is 10.9 Å². The van der Waals surface area contributed by atoms with E-state index in [2.05, 4.69) is 4.98 Å². The first-order valence-electron chi connectivity index (χ1n) is 8.93. The van der Waals surface area contributed by atoms with E-state index in [0.717, 1.165) is 0 Å². The predicted octanol–water partition coefficient (Wildman–Crippen LogP) is 0.812. The Labute approximate surface area is 230 Å². The Morgan fingerprint density at radius 2 is 2.09 bits per heavy atom. The zero-order valence-corrected chi connectivity index (χ0v) is 21.8. The van der Waals surface area contributed by atoms with Crippen molar-refractivity contribution in [3.63, 3.8) is 0 Å². The van der Waals surface area contributed by atoms with Gasteiger partial charge in [0, 0.05) is 35.0 Å².